The summed E-state index contributed by atoms with van der Waals surface area (Å²) >= 11 is 0. The number of carboxylic acid groups (broad SMARTS) is 1. The number of non-ortho nitro benzene ring substituents is 1. The molecule has 0 saturated carbocycles. The lowest BCUT2D eigenvalue weighted by molar-refractivity contribution is -0.384. The summed E-state index contributed by atoms with van der Waals surface area (Å²) < 4.78 is 0. The van der Waals surface area contributed by atoms with Crippen molar-refractivity contribution in [3.05, 3.63) is 52.6 Å². The highest BCUT2D eigenvalue weighted by Crippen LogP contribution is 2.11. The van der Waals surface area contributed by atoms with Gasteiger partial charge in [-0.15, -0.1) is 6.58 Å². The molecular formula is C10H11NO4. The zero-order chi connectivity index (χ0) is 11.8. The van der Waals surface area contributed by atoms with Crippen LogP contribution in [0, 0.1) is 10.1 Å². The van der Waals surface area contributed by atoms with Gasteiger partial charge in [0.2, 0.25) is 0 Å². The van der Waals surface area contributed by atoms with Gasteiger partial charge in [-0.05, 0) is 19.1 Å². The van der Waals surface area contributed by atoms with Gasteiger partial charge in [0, 0.05) is 12.1 Å². The summed E-state index contributed by atoms with van der Waals surface area (Å²) in [5, 5.41) is 18.6. The quantitative estimate of drug-likeness (QED) is 0.461. The van der Waals surface area contributed by atoms with Gasteiger partial charge in [-0.1, -0.05) is 6.08 Å². The highest BCUT2D eigenvalue weighted by Gasteiger charge is 2.06. The highest BCUT2D eigenvalue weighted by atomic mass is 16.6. The Bertz CT molecular complexity index is 323. The standard InChI is InChI=1S/C7H5NO4.C3H6/c9-7(10)5-1-3-6(4-2-5)8(11)12;1-3-2/h1-4H,(H,9,10);3H,1H2,2H3. The normalized spacial score (nSPS) is 8.33. The number of carboxylic acids is 1. The lowest BCUT2D eigenvalue weighted by Crippen LogP contribution is -1.96. The summed E-state index contributed by atoms with van der Waals surface area (Å²) in [5.41, 5.74) is -0.0689. The van der Waals surface area contributed by atoms with Crippen molar-refractivity contribution in [3.63, 3.8) is 0 Å². The summed E-state index contributed by atoms with van der Waals surface area (Å²) in [6.07, 6.45) is 1.75. The van der Waals surface area contributed by atoms with Crippen LogP contribution in [0.3, 0.4) is 0 Å². The number of benzene rings is 1. The Hall–Kier alpha value is -2.17. The summed E-state index contributed by atoms with van der Waals surface area (Å²) in [6, 6.07) is 4.70. The van der Waals surface area contributed by atoms with Crippen LogP contribution in [0.4, 0.5) is 5.69 Å². The van der Waals surface area contributed by atoms with Gasteiger partial charge in [0.15, 0.2) is 0 Å². The minimum atomic E-state index is -1.09. The predicted octanol–water partition coefficient (Wildman–Crippen LogP) is 2.49. The molecule has 5 nitrogen and oxygen atoms in total. The third kappa shape index (κ3) is 4.56. The second-order valence-electron chi connectivity index (χ2n) is 2.52. The fourth-order valence-electron chi connectivity index (χ4n) is 0.726. The summed E-state index contributed by atoms with van der Waals surface area (Å²) in [6.45, 7) is 5.25. The first-order valence-corrected chi connectivity index (χ1v) is 4.07. The fourth-order valence-corrected chi connectivity index (χ4v) is 0.726. The van der Waals surface area contributed by atoms with E-state index in [4.69, 9.17) is 5.11 Å². The molecule has 0 fully saturated rings. The first-order chi connectivity index (χ1) is 7.02. The van der Waals surface area contributed by atoms with Crippen molar-refractivity contribution in [2.75, 3.05) is 0 Å². The Balaban J connectivity index is 0.000000583. The molecule has 0 aromatic heterocycles. The zero-order valence-electron chi connectivity index (χ0n) is 8.21. The lowest BCUT2D eigenvalue weighted by atomic mass is 10.2. The molecule has 0 aliphatic heterocycles. The van der Waals surface area contributed by atoms with Gasteiger partial charge in [-0.2, -0.15) is 0 Å². The van der Waals surface area contributed by atoms with Crippen molar-refractivity contribution >= 4 is 11.7 Å². The average molecular weight is 209 g/mol. The molecular weight excluding hydrogens is 198 g/mol. The van der Waals surface area contributed by atoms with E-state index in [9.17, 15) is 14.9 Å². The molecule has 0 amide bonds. The molecule has 0 bridgehead atoms. The van der Waals surface area contributed by atoms with E-state index in [1.54, 1.807) is 6.08 Å². The molecule has 0 heterocycles. The van der Waals surface area contributed by atoms with Crippen molar-refractivity contribution in [1.82, 2.24) is 0 Å². The maximum absolute atomic E-state index is 10.3. The fraction of sp³-hybridized carbons (Fsp3) is 0.100. The van der Waals surface area contributed by atoms with Gasteiger partial charge in [-0.3, -0.25) is 10.1 Å². The molecule has 80 valence electrons. The molecule has 1 rings (SSSR count). The van der Waals surface area contributed by atoms with E-state index in [2.05, 4.69) is 6.58 Å². The third-order valence-electron chi connectivity index (χ3n) is 1.33. The van der Waals surface area contributed by atoms with Crippen LogP contribution in [0.1, 0.15) is 17.3 Å². The van der Waals surface area contributed by atoms with Crippen LogP contribution in [0.5, 0.6) is 0 Å². The topological polar surface area (TPSA) is 80.4 Å². The van der Waals surface area contributed by atoms with Crippen LogP contribution in [0.25, 0.3) is 0 Å². The Kier molecular flexibility index (Phi) is 5.40. The van der Waals surface area contributed by atoms with E-state index in [-0.39, 0.29) is 11.3 Å². The maximum Gasteiger partial charge on any atom is 0.335 e. The van der Waals surface area contributed by atoms with Crippen LogP contribution >= 0.6 is 0 Å². The van der Waals surface area contributed by atoms with E-state index >= 15 is 0 Å². The number of aromatic carboxylic acids is 1. The molecule has 1 aromatic carbocycles. The number of nitro groups is 1. The monoisotopic (exact) mass is 209 g/mol. The maximum atomic E-state index is 10.3. The van der Waals surface area contributed by atoms with Gasteiger partial charge >= 0.3 is 5.97 Å². The molecule has 0 aliphatic carbocycles. The van der Waals surface area contributed by atoms with E-state index < -0.39 is 10.9 Å². The van der Waals surface area contributed by atoms with Gasteiger partial charge < -0.3 is 5.11 Å². The second-order valence-corrected chi connectivity index (χ2v) is 2.52. The van der Waals surface area contributed by atoms with Crippen LogP contribution in [0.15, 0.2) is 36.9 Å². The number of allylic oxidation sites excluding steroid dienone is 1. The third-order valence-corrected chi connectivity index (χ3v) is 1.33. The average Bonchev–Trinajstić information content (AvgIpc) is 2.19. The number of rotatable bonds is 2. The molecule has 0 unspecified atom stereocenters. The van der Waals surface area contributed by atoms with Crippen molar-refractivity contribution in [2.24, 2.45) is 0 Å². The van der Waals surface area contributed by atoms with Crippen LogP contribution in [-0.4, -0.2) is 16.0 Å². The van der Waals surface area contributed by atoms with Gasteiger partial charge in [0.05, 0.1) is 10.5 Å². The van der Waals surface area contributed by atoms with E-state index in [1.165, 1.54) is 12.1 Å². The molecule has 5 heteroatoms. The van der Waals surface area contributed by atoms with Gasteiger partial charge in [-0.25, -0.2) is 4.79 Å². The van der Waals surface area contributed by atoms with Crippen LogP contribution in [-0.2, 0) is 0 Å². The molecule has 1 N–H and O–H groups in total. The number of nitro benzene ring substituents is 1. The minimum Gasteiger partial charge on any atom is -0.478 e. The number of carbonyl (C=O) groups is 1. The number of nitrogens with zero attached hydrogens (tertiary/aromatic N) is 1. The Morgan fingerprint density at radius 3 is 2.13 bits per heavy atom. The first kappa shape index (κ1) is 12.8. The Labute approximate surface area is 86.8 Å². The van der Waals surface area contributed by atoms with Gasteiger partial charge in [0.25, 0.3) is 5.69 Å². The smallest absolute Gasteiger partial charge is 0.335 e. The van der Waals surface area contributed by atoms with Gasteiger partial charge in [0.1, 0.15) is 0 Å². The predicted molar refractivity (Wildman–Crippen MR) is 55.9 cm³/mol. The molecule has 0 aliphatic rings. The minimum absolute atomic E-state index is 0.0422. The second kappa shape index (κ2) is 6.31. The molecule has 0 radical (unpaired) electrons. The molecule has 0 saturated heterocycles. The van der Waals surface area contributed by atoms with Crippen molar-refractivity contribution < 1.29 is 14.8 Å². The molecule has 1 aromatic rings. The van der Waals surface area contributed by atoms with E-state index in [0.29, 0.717) is 0 Å². The molecule has 0 spiro atoms. The lowest BCUT2D eigenvalue weighted by Gasteiger charge is -1.92. The first-order valence-electron chi connectivity index (χ1n) is 4.07. The zero-order valence-corrected chi connectivity index (χ0v) is 8.21. The Morgan fingerprint density at radius 2 is 1.87 bits per heavy atom. The van der Waals surface area contributed by atoms with E-state index in [1.807, 2.05) is 6.92 Å². The molecule has 0 atom stereocenters. The summed E-state index contributed by atoms with van der Waals surface area (Å²) in [4.78, 5) is 19.9. The van der Waals surface area contributed by atoms with Crippen LogP contribution < -0.4 is 0 Å². The van der Waals surface area contributed by atoms with Crippen molar-refractivity contribution in [1.29, 1.82) is 0 Å². The molecule has 15 heavy (non-hydrogen) atoms. The number of hydrogen-bond donors (Lipinski definition) is 1. The highest BCUT2D eigenvalue weighted by molar-refractivity contribution is 5.87. The Morgan fingerprint density at radius 1 is 1.47 bits per heavy atom. The van der Waals surface area contributed by atoms with Crippen molar-refractivity contribution in [3.8, 4) is 0 Å². The van der Waals surface area contributed by atoms with E-state index in [0.717, 1.165) is 12.1 Å². The number of hydrogen-bond acceptors (Lipinski definition) is 3. The SMILES string of the molecule is C=CC.O=C(O)c1ccc([N+](=O)[O-])cc1. The summed E-state index contributed by atoms with van der Waals surface area (Å²) in [5.74, 6) is -1.09. The summed E-state index contributed by atoms with van der Waals surface area (Å²) in [7, 11) is 0. The van der Waals surface area contributed by atoms with Crippen molar-refractivity contribution in [2.45, 2.75) is 6.92 Å². The van der Waals surface area contributed by atoms with Crippen LogP contribution in [0.2, 0.25) is 0 Å². The largest absolute Gasteiger partial charge is 0.478 e.